The van der Waals surface area contributed by atoms with E-state index in [0.717, 1.165) is 41.2 Å². The van der Waals surface area contributed by atoms with Crippen LogP contribution in [-0.2, 0) is 9.59 Å². The van der Waals surface area contributed by atoms with Crippen LogP contribution in [-0.4, -0.2) is 48.1 Å². The maximum Gasteiger partial charge on any atom is 0.262 e. The van der Waals surface area contributed by atoms with Crippen molar-refractivity contribution in [3.8, 4) is 5.75 Å². The summed E-state index contributed by atoms with van der Waals surface area (Å²) < 4.78 is 5.53. The molecule has 1 saturated carbocycles. The fourth-order valence-electron chi connectivity index (χ4n) is 3.84. The first-order valence-corrected chi connectivity index (χ1v) is 10.8. The van der Waals surface area contributed by atoms with Crippen molar-refractivity contribution in [3.05, 3.63) is 52.2 Å². The van der Waals surface area contributed by atoms with Gasteiger partial charge in [-0.05, 0) is 30.4 Å². The Kier molecular flexibility index (Phi) is 5.67. The normalized spacial score (nSPS) is 18.9. The number of amides is 2. The highest BCUT2D eigenvalue weighted by molar-refractivity contribution is 7.12. The van der Waals surface area contributed by atoms with E-state index < -0.39 is 0 Å². The molecule has 4 rings (SSSR count). The van der Waals surface area contributed by atoms with Crippen molar-refractivity contribution in [2.24, 2.45) is 11.0 Å². The molecule has 2 amide bonds. The van der Waals surface area contributed by atoms with Gasteiger partial charge >= 0.3 is 0 Å². The minimum Gasteiger partial charge on any atom is -0.496 e. The van der Waals surface area contributed by atoms with Crippen LogP contribution in [0.5, 0.6) is 5.75 Å². The van der Waals surface area contributed by atoms with Crippen LogP contribution in [0.3, 0.4) is 0 Å². The molecule has 0 bridgehead atoms. The van der Waals surface area contributed by atoms with Crippen molar-refractivity contribution in [3.63, 3.8) is 0 Å². The van der Waals surface area contributed by atoms with Crippen molar-refractivity contribution in [2.75, 3.05) is 20.7 Å². The van der Waals surface area contributed by atoms with Gasteiger partial charge in [0.05, 0.1) is 23.7 Å². The first-order chi connectivity index (χ1) is 14.1. The summed E-state index contributed by atoms with van der Waals surface area (Å²) >= 11 is 1.61. The highest BCUT2D eigenvalue weighted by Crippen LogP contribution is 2.38. The molecule has 2 aromatic rings. The maximum atomic E-state index is 13.2. The Morgan fingerprint density at radius 2 is 2.03 bits per heavy atom. The molecule has 6 nitrogen and oxygen atoms in total. The molecule has 0 saturated heterocycles. The molecule has 1 fully saturated rings. The smallest absolute Gasteiger partial charge is 0.262 e. The van der Waals surface area contributed by atoms with Gasteiger partial charge in [0.2, 0.25) is 5.91 Å². The average molecular weight is 412 g/mol. The molecule has 0 spiro atoms. The third kappa shape index (κ3) is 3.92. The van der Waals surface area contributed by atoms with Crippen LogP contribution >= 0.6 is 11.3 Å². The van der Waals surface area contributed by atoms with E-state index in [1.54, 1.807) is 30.4 Å². The Morgan fingerprint density at radius 1 is 1.24 bits per heavy atom. The van der Waals surface area contributed by atoms with E-state index in [1.807, 2.05) is 41.8 Å². The quantitative estimate of drug-likeness (QED) is 0.728. The molecule has 29 heavy (non-hydrogen) atoms. The van der Waals surface area contributed by atoms with Crippen molar-refractivity contribution in [1.29, 1.82) is 0 Å². The molecule has 1 atom stereocenters. The number of ether oxygens (including phenoxy) is 1. The molecule has 0 unspecified atom stereocenters. The third-order valence-corrected chi connectivity index (χ3v) is 6.59. The summed E-state index contributed by atoms with van der Waals surface area (Å²) in [6, 6.07) is 11.5. The van der Waals surface area contributed by atoms with E-state index in [0.29, 0.717) is 6.42 Å². The van der Waals surface area contributed by atoms with Gasteiger partial charge in [0.25, 0.3) is 5.91 Å². The second-order valence-electron chi connectivity index (χ2n) is 7.55. The number of carbonyl (C=O) groups excluding carboxylic acids is 2. The lowest BCUT2D eigenvalue weighted by atomic mass is 9.84. The molecular formula is C22H25N3O3S. The summed E-state index contributed by atoms with van der Waals surface area (Å²) in [5.41, 5.74) is 1.81. The lowest BCUT2D eigenvalue weighted by Gasteiger charge is -2.30. The van der Waals surface area contributed by atoms with Crippen LogP contribution < -0.4 is 4.74 Å². The summed E-state index contributed by atoms with van der Waals surface area (Å²) in [4.78, 5) is 28.3. The number of hydrogen-bond acceptors (Lipinski definition) is 5. The molecule has 7 heteroatoms. The van der Waals surface area contributed by atoms with Crippen LogP contribution in [0.2, 0.25) is 0 Å². The topological polar surface area (TPSA) is 62.2 Å². The highest BCUT2D eigenvalue weighted by Gasteiger charge is 2.36. The van der Waals surface area contributed by atoms with Crippen LogP contribution in [0, 0.1) is 5.92 Å². The van der Waals surface area contributed by atoms with Crippen LogP contribution in [0.1, 0.15) is 42.2 Å². The van der Waals surface area contributed by atoms with Crippen molar-refractivity contribution >= 4 is 28.9 Å². The molecule has 1 aliphatic heterocycles. The minimum absolute atomic E-state index is 0.0300. The predicted molar refractivity (Wildman–Crippen MR) is 113 cm³/mol. The van der Waals surface area contributed by atoms with E-state index in [2.05, 4.69) is 5.10 Å². The van der Waals surface area contributed by atoms with Gasteiger partial charge in [0, 0.05) is 24.9 Å². The molecule has 0 N–H and O–H groups in total. The zero-order chi connectivity index (χ0) is 20.4. The van der Waals surface area contributed by atoms with E-state index in [9.17, 15) is 9.59 Å². The molecule has 2 heterocycles. The van der Waals surface area contributed by atoms with Crippen LogP contribution in [0.4, 0.5) is 0 Å². The molecule has 0 radical (unpaired) electrons. The van der Waals surface area contributed by atoms with E-state index in [4.69, 9.17) is 4.74 Å². The van der Waals surface area contributed by atoms with Gasteiger partial charge in [0.1, 0.15) is 12.3 Å². The third-order valence-electron chi connectivity index (χ3n) is 5.67. The Balaban J connectivity index is 1.59. The molecular weight excluding hydrogens is 386 g/mol. The fourth-order valence-corrected chi connectivity index (χ4v) is 4.56. The summed E-state index contributed by atoms with van der Waals surface area (Å²) in [6.07, 6.45) is 3.55. The van der Waals surface area contributed by atoms with Gasteiger partial charge in [-0.15, -0.1) is 11.3 Å². The Morgan fingerprint density at radius 3 is 2.69 bits per heavy atom. The van der Waals surface area contributed by atoms with Gasteiger partial charge in [-0.3, -0.25) is 9.59 Å². The first-order valence-electron chi connectivity index (χ1n) is 9.89. The predicted octanol–water partition coefficient (Wildman–Crippen LogP) is 3.69. The minimum atomic E-state index is -0.247. The second kappa shape index (κ2) is 8.37. The van der Waals surface area contributed by atoms with Crippen LogP contribution in [0.15, 0.2) is 46.9 Å². The first kappa shape index (κ1) is 19.6. The zero-order valence-corrected chi connectivity index (χ0v) is 17.5. The molecule has 152 valence electrons. The van der Waals surface area contributed by atoms with E-state index in [-0.39, 0.29) is 30.3 Å². The van der Waals surface area contributed by atoms with Crippen molar-refractivity contribution in [2.45, 2.75) is 31.7 Å². The molecule has 1 aromatic heterocycles. The Labute approximate surface area is 174 Å². The summed E-state index contributed by atoms with van der Waals surface area (Å²) in [6.45, 7) is 0.0300. The Bertz CT molecular complexity index is 921. The highest BCUT2D eigenvalue weighted by atomic mass is 32.1. The summed E-state index contributed by atoms with van der Waals surface area (Å²) in [5.74, 6) is 0.682. The van der Waals surface area contributed by atoms with Gasteiger partial charge < -0.3 is 9.64 Å². The molecule has 1 aromatic carbocycles. The number of methoxy groups -OCH3 is 1. The zero-order valence-electron chi connectivity index (χ0n) is 16.7. The SMILES string of the molecule is COc1ccccc1[C@H]1CC(c2cccs2)=NN1C(=O)CN(C)C(=O)C1CCC1. The number of hydrogen-bond donors (Lipinski definition) is 0. The number of rotatable bonds is 6. The molecule has 1 aliphatic carbocycles. The maximum absolute atomic E-state index is 13.2. The van der Waals surface area contributed by atoms with Gasteiger partial charge in [0.15, 0.2) is 0 Å². The van der Waals surface area contributed by atoms with E-state index in [1.165, 1.54) is 5.01 Å². The number of benzene rings is 1. The van der Waals surface area contributed by atoms with Gasteiger partial charge in [-0.2, -0.15) is 5.10 Å². The number of nitrogens with zero attached hydrogens (tertiary/aromatic N) is 3. The summed E-state index contributed by atoms with van der Waals surface area (Å²) in [5, 5.41) is 8.22. The van der Waals surface area contributed by atoms with Gasteiger partial charge in [-0.25, -0.2) is 5.01 Å². The average Bonchev–Trinajstić information content (AvgIpc) is 3.36. The second-order valence-corrected chi connectivity index (χ2v) is 8.49. The van der Waals surface area contributed by atoms with Crippen LogP contribution in [0.25, 0.3) is 0 Å². The number of carbonyl (C=O) groups is 2. The van der Waals surface area contributed by atoms with Crippen molar-refractivity contribution < 1.29 is 14.3 Å². The Hall–Kier alpha value is -2.67. The lowest BCUT2D eigenvalue weighted by molar-refractivity contribution is -0.144. The number of likely N-dealkylation sites (N-methyl/N-ethyl adjacent to an activating group) is 1. The monoisotopic (exact) mass is 411 g/mol. The molecule has 2 aliphatic rings. The number of para-hydroxylation sites is 1. The largest absolute Gasteiger partial charge is 0.496 e. The summed E-state index contributed by atoms with van der Waals surface area (Å²) in [7, 11) is 3.34. The van der Waals surface area contributed by atoms with E-state index >= 15 is 0 Å². The standard InChI is InChI=1S/C22H25N3O3S/c1-24(22(27)15-7-5-8-15)14-21(26)25-18(16-9-3-4-10-19(16)28-2)13-17(23-25)20-11-6-12-29-20/h3-4,6,9-12,15,18H,5,7-8,13-14H2,1-2H3/t18-/m1/s1. The number of thiophene rings is 1. The van der Waals surface area contributed by atoms with Crippen molar-refractivity contribution in [1.82, 2.24) is 9.91 Å². The van der Waals surface area contributed by atoms with Gasteiger partial charge in [-0.1, -0.05) is 30.7 Å². The fraction of sp³-hybridized carbons (Fsp3) is 0.409. The lowest BCUT2D eigenvalue weighted by Crippen LogP contribution is -2.42. The number of hydrazone groups is 1.